The zero-order valence-electron chi connectivity index (χ0n) is 9.61. The maximum absolute atomic E-state index is 3.99. The van der Waals surface area contributed by atoms with Crippen LogP contribution in [-0.2, 0) is 7.05 Å². The van der Waals surface area contributed by atoms with Gasteiger partial charge in [-0.2, -0.15) is 0 Å². The number of aromatic nitrogens is 3. The summed E-state index contributed by atoms with van der Waals surface area (Å²) < 4.78 is 1.87. The van der Waals surface area contributed by atoms with Gasteiger partial charge in [-0.3, -0.25) is 4.68 Å². The lowest BCUT2D eigenvalue weighted by atomic mass is 9.97. The monoisotopic (exact) mass is 208 g/mol. The third kappa shape index (κ3) is 2.37. The van der Waals surface area contributed by atoms with Crippen LogP contribution >= 0.6 is 0 Å². The highest BCUT2D eigenvalue weighted by atomic mass is 15.4. The van der Waals surface area contributed by atoms with E-state index < -0.39 is 0 Å². The van der Waals surface area contributed by atoms with E-state index in [2.05, 4.69) is 15.6 Å². The van der Waals surface area contributed by atoms with Crippen molar-refractivity contribution in [3.63, 3.8) is 0 Å². The molecule has 1 heterocycles. The van der Waals surface area contributed by atoms with Crippen LogP contribution in [0, 0.1) is 5.92 Å². The van der Waals surface area contributed by atoms with Gasteiger partial charge >= 0.3 is 0 Å². The van der Waals surface area contributed by atoms with Crippen molar-refractivity contribution in [3.8, 4) is 0 Å². The minimum absolute atomic E-state index is 0.410. The molecule has 4 nitrogen and oxygen atoms in total. The Hall–Kier alpha value is -0.900. The molecule has 0 radical (unpaired) electrons. The first-order valence-electron chi connectivity index (χ1n) is 5.83. The van der Waals surface area contributed by atoms with Gasteiger partial charge in [-0.05, 0) is 19.4 Å². The number of hydrogen-bond acceptors (Lipinski definition) is 3. The van der Waals surface area contributed by atoms with E-state index in [1.165, 1.54) is 37.8 Å². The predicted molar refractivity (Wildman–Crippen MR) is 59.4 cm³/mol. The molecule has 1 atom stereocenters. The SMILES string of the molecule is CNC(CC1CCCC1)c1cnnn1C. The third-order valence-electron chi connectivity index (χ3n) is 3.50. The van der Waals surface area contributed by atoms with E-state index >= 15 is 0 Å². The fourth-order valence-electron chi connectivity index (χ4n) is 2.58. The molecule has 15 heavy (non-hydrogen) atoms. The Labute approximate surface area is 91.1 Å². The summed E-state index contributed by atoms with van der Waals surface area (Å²) in [6, 6.07) is 0.410. The molecular formula is C11H20N4. The summed E-state index contributed by atoms with van der Waals surface area (Å²) in [4.78, 5) is 0. The lowest BCUT2D eigenvalue weighted by Crippen LogP contribution is -2.21. The van der Waals surface area contributed by atoms with Crippen molar-refractivity contribution >= 4 is 0 Å². The van der Waals surface area contributed by atoms with Crippen LogP contribution in [0.1, 0.15) is 43.8 Å². The summed E-state index contributed by atoms with van der Waals surface area (Å²) in [5, 5.41) is 11.3. The molecular weight excluding hydrogens is 188 g/mol. The van der Waals surface area contributed by atoms with Crippen LogP contribution < -0.4 is 5.32 Å². The minimum Gasteiger partial charge on any atom is -0.312 e. The average Bonchev–Trinajstić information content (AvgIpc) is 2.85. The van der Waals surface area contributed by atoms with Gasteiger partial charge in [-0.1, -0.05) is 30.9 Å². The molecule has 1 fully saturated rings. The molecule has 1 saturated carbocycles. The Kier molecular flexibility index (Phi) is 3.36. The van der Waals surface area contributed by atoms with E-state index in [0.717, 1.165) is 5.92 Å². The van der Waals surface area contributed by atoms with E-state index in [-0.39, 0.29) is 0 Å². The molecule has 1 aliphatic rings. The van der Waals surface area contributed by atoms with Gasteiger partial charge in [-0.25, -0.2) is 0 Å². The van der Waals surface area contributed by atoms with Crippen LogP contribution in [0.5, 0.6) is 0 Å². The third-order valence-corrected chi connectivity index (χ3v) is 3.50. The molecule has 1 unspecified atom stereocenters. The van der Waals surface area contributed by atoms with Gasteiger partial charge in [0.05, 0.1) is 17.9 Å². The van der Waals surface area contributed by atoms with Gasteiger partial charge in [0.25, 0.3) is 0 Å². The molecule has 1 aromatic heterocycles. The zero-order valence-corrected chi connectivity index (χ0v) is 9.61. The van der Waals surface area contributed by atoms with E-state index in [4.69, 9.17) is 0 Å². The van der Waals surface area contributed by atoms with E-state index in [1.54, 1.807) is 0 Å². The largest absolute Gasteiger partial charge is 0.312 e. The van der Waals surface area contributed by atoms with Gasteiger partial charge in [-0.15, -0.1) is 5.10 Å². The quantitative estimate of drug-likeness (QED) is 0.818. The fourth-order valence-corrected chi connectivity index (χ4v) is 2.58. The molecule has 4 heteroatoms. The zero-order chi connectivity index (χ0) is 10.7. The number of hydrogen-bond donors (Lipinski definition) is 1. The molecule has 0 amide bonds. The van der Waals surface area contributed by atoms with Gasteiger partial charge in [0.2, 0.25) is 0 Å². The standard InChI is InChI=1S/C11H20N4/c1-12-10(7-9-5-3-4-6-9)11-8-13-14-15(11)2/h8-10,12H,3-7H2,1-2H3. The molecule has 0 aliphatic heterocycles. The van der Waals surface area contributed by atoms with E-state index in [1.807, 2.05) is 25.0 Å². The molecule has 0 saturated heterocycles. The second-order valence-corrected chi connectivity index (χ2v) is 4.51. The van der Waals surface area contributed by atoms with Crippen molar-refractivity contribution in [2.75, 3.05) is 7.05 Å². The molecule has 2 rings (SSSR count). The summed E-state index contributed by atoms with van der Waals surface area (Å²) in [5.41, 5.74) is 1.20. The van der Waals surface area contributed by atoms with Gasteiger partial charge < -0.3 is 5.32 Å². The van der Waals surface area contributed by atoms with Gasteiger partial charge in [0, 0.05) is 7.05 Å². The van der Waals surface area contributed by atoms with E-state index in [9.17, 15) is 0 Å². The highest BCUT2D eigenvalue weighted by molar-refractivity contribution is 5.02. The molecule has 0 aromatic carbocycles. The van der Waals surface area contributed by atoms with Gasteiger partial charge in [0.15, 0.2) is 0 Å². The molecule has 0 bridgehead atoms. The second-order valence-electron chi connectivity index (χ2n) is 4.51. The van der Waals surface area contributed by atoms with Crippen molar-refractivity contribution in [2.45, 2.75) is 38.1 Å². The Bertz CT molecular complexity index is 301. The minimum atomic E-state index is 0.410. The van der Waals surface area contributed by atoms with Crippen LogP contribution in [0.15, 0.2) is 6.20 Å². The maximum Gasteiger partial charge on any atom is 0.0753 e. The molecule has 0 spiro atoms. The summed E-state index contributed by atoms with van der Waals surface area (Å²) in [6.07, 6.45) is 8.69. The van der Waals surface area contributed by atoms with Crippen molar-refractivity contribution in [2.24, 2.45) is 13.0 Å². The maximum atomic E-state index is 3.99. The Balaban J connectivity index is 2.00. The molecule has 1 N–H and O–H groups in total. The van der Waals surface area contributed by atoms with Crippen LogP contribution in [0.25, 0.3) is 0 Å². The summed E-state index contributed by atoms with van der Waals surface area (Å²) >= 11 is 0. The van der Waals surface area contributed by atoms with Crippen molar-refractivity contribution in [1.29, 1.82) is 0 Å². The van der Waals surface area contributed by atoms with Crippen molar-refractivity contribution in [3.05, 3.63) is 11.9 Å². The lowest BCUT2D eigenvalue weighted by Gasteiger charge is -2.19. The first kappa shape index (κ1) is 10.6. The first-order valence-corrected chi connectivity index (χ1v) is 5.83. The van der Waals surface area contributed by atoms with Crippen LogP contribution in [0.4, 0.5) is 0 Å². The Morgan fingerprint density at radius 1 is 1.53 bits per heavy atom. The van der Waals surface area contributed by atoms with Crippen LogP contribution in [0.2, 0.25) is 0 Å². The number of rotatable bonds is 4. The fraction of sp³-hybridized carbons (Fsp3) is 0.818. The smallest absolute Gasteiger partial charge is 0.0753 e. The number of nitrogens with one attached hydrogen (secondary N) is 1. The average molecular weight is 208 g/mol. The first-order chi connectivity index (χ1) is 7.31. The van der Waals surface area contributed by atoms with Crippen molar-refractivity contribution in [1.82, 2.24) is 20.3 Å². The normalized spacial score (nSPS) is 19.6. The Morgan fingerprint density at radius 3 is 2.80 bits per heavy atom. The van der Waals surface area contributed by atoms with Crippen LogP contribution in [-0.4, -0.2) is 22.0 Å². The highest BCUT2D eigenvalue weighted by Gasteiger charge is 2.22. The van der Waals surface area contributed by atoms with Crippen molar-refractivity contribution < 1.29 is 0 Å². The van der Waals surface area contributed by atoms with E-state index in [0.29, 0.717) is 6.04 Å². The molecule has 84 valence electrons. The Morgan fingerprint density at radius 2 is 2.27 bits per heavy atom. The summed E-state index contributed by atoms with van der Waals surface area (Å²) in [5.74, 6) is 0.886. The van der Waals surface area contributed by atoms with Crippen LogP contribution in [0.3, 0.4) is 0 Å². The van der Waals surface area contributed by atoms with Gasteiger partial charge in [0.1, 0.15) is 0 Å². The predicted octanol–water partition coefficient (Wildman–Crippen LogP) is 1.66. The highest BCUT2D eigenvalue weighted by Crippen LogP contribution is 2.32. The number of aryl methyl sites for hydroxylation is 1. The lowest BCUT2D eigenvalue weighted by molar-refractivity contribution is 0.398. The summed E-state index contributed by atoms with van der Waals surface area (Å²) in [7, 11) is 3.98. The summed E-state index contributed by atoms with van der Waals surface area (Å²) in [6.45, 7) is 0. The second kappa shape index (κ2) is 4.75. The topological polar surface area (TPSA) is 42.7 Å². The number of nitrogens with zero attached hydrogens (tertiary/aromatic N) is 3. The molecule has 1 aromatic rings. The molecule has 1 aliphatic carbocycles.